The first-order valence-corrected chi connectivity index (χ1v) is 6.25. The highest BCUT2D eigenvalue weighted by Gasteiger charge is 2.02. The normalized spacial score (nSPS) is 9.55. The minimum Gasteiger partial charge on any atom is -0.489 e. The van der Waals surface area contributed by atoms with Crippen LogP contribution in [-0.2, 0) is 6.54 Å². The summed E-state index contributed by atoms with van der Waals surface area (Å²) < 4.78 is 5.59. The number of anilines is 1. The molecule has 0 aliphatic heterocycles. The van der Waals surface area contributed by atoms with Crippen molar-refractivity contribution in [2.75, 3.05) is 11.9 Å². The number of pyridine rings is 1. The summed E-state index contributed by atoms with van der Waals surface area (Å²) in [6.07, 6.45) is 3.26. The number of rotatable bonds is 6. The van der Waals surface area contributed by atoms with Crippen LogP contribution in [0.15, 0.2) is 55.3 Å². The van der Waals surface area contributed by atoms with Gasteiger partial charge in [0, 0.05) is 18.3 Å². The van der Waals surface area contributed by atoms with Crippen LogP contribution in [0.5, 0.6) is 5.75 Å². The monoisotopic (exact) mass is 265 g/mol. The predicted molar refractivity (Wildman–Crippen MR) is 78.4 cm³/mol. The maximum absolute atomic E-state index is 8.72. The highest BCUT2D eigenvalue weighted by atomic mass is 16.5. The second kappa shape index (κ2) is 6.95. The first-order chi connectivity index (χ1) is 9.83. The van der Waals surface area contributed by atoms with Crippen LogP contribution in [0.25, 0.3) is 0 Å². The Morgan fingerprint density at radius 1 is 1.30 bits per heavy atom. The average Bonchev–Trinajstić information content (AvgIpc) is 2.52. The van der Waals surface area contributed by atoms with E-state index in [1.165, 1.54) is 0 Å². The van der Waals surface area contributed by atoms with Crippen molar-refractivity contribution in [2.45, 2.75) is 6.54 Å². The van der Waals surface area contributed by atoms with Gasteiger partial charge in [0.2, 0.25) is 0 Å². The minimum absolute atomic E-state index is 0.478. The quantitative estimate of drug-likeness (QED) is 0.815. The molecule has 0 atom stereocenters. The molecule has 1 N–H and O–H groups in total. The Morgan fingerprint density at radius 2 is 2.15 bits per heavy atom. The summed E-state index contributed by atoms with van der Waals surface area (Å²) in [5.74, 6) is 1.55. The van der Waals surface area contributed by atoms with E-state index >= 15 is 0 Å². The van der Waals surface area contributed by atoms with E-state index in [0.717, 1.165) is 17.1 Å². The summed E-state index contributed by atoms with van der Waals surface area (Å²) in [5, 5.41) is 11.9. The maximum atomic E-state index is 8.72. The Kier molecular flexibility index (Phi) is 4.74. The first kappa shape index (κ1) is 13.6. The molecule has 1 aromatic carbocycles. The number of benzene rings is 1. The van der Waals surface area contributed by atoms with Gasteiger partial charge in [-0.05, 0) is 18.2 Å². The van der Waals surface area contributed by atoms with E-state index in [1.807, 2.05) is 30.3 Å². The van der Waals surface area contributed by atoms with Crippen LogP contribution in [0.1, 0.15) is 11.1 Å². The lowest BCUT2D eigenvalue weighted by Crippen LogP contribution is -2.04. The first-order valence-electron chi connectivity index (χ1n) is 6.25. The molecule has 0 fully saturated rings. The molecule has 1 aromatic heterocycles. The SMILES string of the molecule is C=CCOc1ccccc1CNc1ccc(C#N)cn1. The van der Waals surface area contributed by atoms with Gasteiger partial charge < -0.3 is 10.1 Å². The largest absolute Gasteiger partial charge is 0.489 e. The molecule has 2 aromatic rings. The van der Waals surface area contributed by atoms with Gasteiger partial charge in [0.05, 0.1) is 5.56 Å². The topological polar surface area (TPSA) is 57.9 Å². The highest BCUT2D eigenvalue weighted by molar-refractivity contribution is 5.42. The molecule has 1 heterocycles. The Morgan fingerprint density at radius 3 is 2.85 bits per heavy atom. The van der Waals surface area contributed by atoms with Crippen LogP contribution in [0.3, 0.4) is 0 Å². The highest BCUT2D eigenvalue weighted by Crippen LogP contribution is 2.19. The van der Waals surface area contributed by atoms with Crippen LogP contribution in [0.2, 0.25) is 0 Å². The molecular formula is C16H15N3O. The maximum Gasteiger partial charge on any atom is 0.126 e. The smallest absolute Gasteiger partial charge is 0.126 e. The van der Waals surface area contributed by atoms with E-state index in [1.54, 1.807) is 24.4 Å². The lowest BCUT2D eigenvalue weighted by Gasteiger charge is -2.11. The Hall–Kier alpha value is -2.80. The molecule has 0 bridgehead atoms. The zero-order valence-electron chi connectivity index (χ0n) is 11.0. The van der Waals surface area contributed by atoms with E-state index in [4.69, 9.17) is 10.00 Å². The summed E-state index contributed by atoms with van der Waals surface area (Å²) in [5.41, 5.74) is 1.59. The number of hydrogen-bond donors (Lipinski definition) is 1. The predicted octanol–water partition coefficient (Wildman–Crippen LogP) is 3.13. The lowest BCUT2D eigenvalue weighted by atomic mass is 10.2. The van der Waals surface area contributed by atoms with Gasteiger partial charge in [-0.25, -0.2) is 4.98 Å². The van der Waals surface area contributed by atoms with E-state index < -0.39 is 0 Å². The average molecular weight is 265 g/mol. The number of nitrogens with zero attached hydrogens (tertiary/aromatic N) is 2. The molecule has 0 amide bonds. The van der Waals surface area contributed by atoms with Crippen LogP contribution in [-0.4, -0.2) is 11.6 Å². The Bertz CT molecular complexity index is 614. The molecule has 20 heavy (non-hydrogen) atoms. The molecule has 2 rings (SSSR count). The molecule has 0 saturated heterocycles. The van der Waals surface area contributed by atoms with E-state index in [2.05, 4.69) is 16.9 Å². The molecule has 0 unspecified atom stereocenters. The van der Waals surface area contributed by atoms with Crippen LogP contribution in [0, 0.1) is 11.3 Å². The number of nitrogens with one attached hydrogen (secondary N) is 1. The molecule has 0 aliphatic rings. The Balaban J connectivity index is 2.02. The minimum atomic E-state index is 0.478. The van der Waals surface area contributed by atoms with Crippen LogP contribution >= 0.6 is 0 Å². The molecule has 0 aliphatic carbocycles. The third-order valence-corrected chi connectivity index (χ3v) is 2.68. The second-order valence-corrected chi connectivity index (χ2v) is 4.10. The van der Waals surface area contributed by atoms with Gasteiger partial charge in [-0.3, -0.25) is 0 Å². The van der Waals surface area contributed by atoms with Crippen molar-refractivity contribution in [3.8, 4) is 11.8 Å². The van der Waals surface area contributed by atoms with Crippen molar-refractivity contribution >= 4 is 5.82 Å². The zero-order valence-corrected chi connectivity index (χ0v) is 11.0. The third-order valence-electron chi connectivity index (χ3n) is 2.68. The standard InChI is InChI=1S/C16H15N3O/c1-2-9-20-15-6-4-3-5-14(15)12-19-16-8-7-13(10-17)11-18-16/h2-8,11H,1,9,12H2,(H,18,19). The van der Waals surface area contributed by atoms with E-state index in [0.29, 0.717) is 18.7 Å². The number of ether oxygens (including phenoxy) is 1. The summed E-state index contributed by atoms with van der Waals surface area (Å²) in [7, 11) is 0. The molecule has 4 nitrogen and oxygen atoms in total. The molecular weight excluding hydrogens is 250 g/mol. The Labute approximate surface area is 118 Å². The van der Waals surface area contributed by atoms with Gasteiger partial charge in [0.15, 0.2) is 0 Å². The fourth-order valence-electron chi connectivity index (χ4n) is 1.69. The molecule has 0 spiro atoms. The number of aromatic nitrogens is 1. The van der Waals surface area contributed by atoms with Crippen molar-refractivity contribution < 1.29 is 4.74 Å². The van der Waals surface area contributed by atoms with Crippen LogP contribution < -0.4 is 10.1 Å². The van der Waals surface area contributed by atoms with Gasteiger partial charge in [-0.2, -0.15) is 5.26 Å². The van der Waals surface area contributed by atoms with Crippen molar-refractivity contribution in [2.24, 2.45) is 0 Å². The van der Waals surface area contributed by atoms with Gasteiger partial charge in [-0.15, -0.1) is 0 Å². The number of nitriles is 1. The van der Waals surface area contributed by atoms with Gasteiger partial charge >= 0.3 is 0 Å². The third kappa shape index (κ3) is 3.59. The van der Waals surface area contributed by atoms with Crippen LogP contribution in [0.4, 0.5) is 5.82 Å². The molecule has 0 saturated carbocycles. The summed E-state index contributed by atoms with van der Waals surface area (Å²) in [6.45, 7) is 4.72. The summed E-state index contributed by atoms with van der Waals surface area (Å²) in [4.78, 5) is 4.17. The molecule has 4 heteroatoms. The summed E-state index contributed by atoms with van der Waals surface area (Å²) >= 11 is 0. The van der Waals surface area contributed by atoms with Crippen molar-refractivity contribution in [1.82, 2.24) is 4.98 Å². The molecule has 0 radical (unpaired) electrons. The van der Waals surface area contributed by atoms with Gasteiger partial charge in [-0.1, -0.05) is 30.9 Å². The van der Waals surface area contributed by atoms with Crippen molar-refractivity contribution in [3.05, 3.63) is 66.4 Å². The fraction of sp³-hybridized carbons (Fsp3) is 0.125. The number of para-hydroxylation sites is 1. The van der Waals surface area contributed by atoms with Gasteiger partial charge in [0.1, 0.15) is 24.2 Å². The summed E-state index contributed by atoms with van der Waals surface area (Å²) in [6, 6.07) is 13.4. The number of hydrogen-bond acceptors (Lipinski definition) is 4. The fourth-order valence-corrected chi connectivity index (χ4v) is 1.69. The van der Waals surface area contributed by atoms with Gasteiger partial charge in [0.25, 0.3) is 0 Å². The van der Waals surface area contributed by atoms with E-state index in [-0.39, 0.29) is 0 Å². The van der Waals surface area contributed by atoms with E-state index in [9.17, 15) is 0 Å². The second-order valence-electron chi connectivity index (χ2n) is 4.10. The zero-order chi connectivity index (χ0) is 14.2. The van der Waals surface area contributed by atoms with Crippen molar-refractivity contribution in [3.63, 3.8) is 0 Å². The van der Waals surface area contributed by atoms with Crippen molar-refractivity contribution in [1.29, 1.82) is 5.26 Å². The lowest BCUT2D eigenvalue weighted by molar-refractivity contribution is 0.359. The molecule has 100 valence electrons.